The topological polar surface area (TPSA) is 31.4 Å². The zero-order chi connectivity index (χ0) is 20.4. The first-order valence-electron chi connectivity index (χ1n) is 11.1. The second-order valence-electron chi connectivity index (χ2n) is 8.58. The van der Waals surface area contributed by atoms with E-state index < -0.39 is 0 Å². The minimum absolute atomic E-state index is 0.0949. The van der Waals surface area contributed by atoms with Gasteiger partial charge in [-0.2, -0.15) is 0 Å². The minimum atomic E-state index is 0.0949. The average Bonchev–Trinajstić information content (AvgIpc) is 2.83. The van der Waals surface area contributed by atoms with E-state index in [4.69, 9.17) is 14.5 Å². The van der Waals surface area contributed by atoms with Gasteiger partial charge in [-0.25, -0.2) is 0 Å². The highest BCUT2D eigenvalue weighted by atomic mass is 16.5. The number of hydrogen-bond acceptors (Lipinski definition) is 3. The van der Waals surface area contributed by atoms with Crippen LogP contribution in [-0.2, 0) is 12.8 Å². The Bertz CT molecular complexity index is 1360. The molecule has 4 aromatic rings. The first-order valence-corrected chi connectivity index (χ1v) is 11.1. The summed E-state index contributed by atoms with van der Waals surface area (Å²) in [4.78, 5) is 5.07. The molecule has 0 atom stereocenters. The lowest BCUT2D eigenvalue weighted by molar-refractivity contribution is 0.465. The van der Waals surface area contributed by atoms with Crippen molar-refractivity contribution in [2.24, 2.45) is 0 Å². The Labute approximate surface area is 181 Å². The Morgan fingerprint density at radius 1 is 0.677 bits per heavy atom. The Morgan fingerprint density at radius 3 is 2.42 bits per heavy atom. The van der Waals surface area contributed by atoms with E-state index in [1.54, 1.807) is 0 Å². The van der Waals surface area contributed by atoms with Crippen LogP contribution in [0.5, 0.6) is 23.0 Å². The third-order valence-electron chi connectivity index (χ3n) is 6.79. The highest BCUT2D eigenvalue weighted by Gasteiger charge is 2.40. The van der Waals surface area contributed by atoms with E-state index in [9.17, 15) is 0 Å². The molecule has 31 heavy (non-hydrogen) atoms. The van der Waals surface area contributed by atoms with E-state index >= 15 is 0 Å². The van der Waals surface area contributed by atoms with Crippen molar-refractivity contribution >= 4 is 23.1 Å². The van der Waals surface area contributed by atoms with Crippen LogP contribution in [0.15, 0.2) is 72.8 Å². The molecule has 148 valence electrons. The van der Waals surface area contributed by atoms with Crippen LogP contribution in [0.3, 0.4) is 0 Å². The maximum Gasteiger partial charge on any atom is 0.260 e. The van der Waals surface area contributed by atoms with Gasteiger partial charge in [0.25, 0.3) is 6.71 Å². The van der Waals surface area contributed by atoms with Crippen molar-refractivity contribution in [2.45, 2.75) is 25.7 Å². The molecule has 7 rings (SSSR count). The highest BCUT2D eigenvalue weighted by molar-refractivity contribution is 6.98. The van der Waals surface area contributed by atoms with Gasteiger partial charge in [-0.15, -0.1) is 0 Å². The monoisotopic (exact) mass is 401 g/mol. The molecule has 0 saturated heterocycles. The number of rotatable bonds is 1. The lowest BCUT2D eigenvalue weighted by Crippen LogP contribution is -2.57. The summed E-state index contributed by atoms with van der Waals surface area (Å²) in [6.07, 6.45) is 4.70. The van der Waals surface area contributed by atoms with Crippen LogP contribution in [0.1, 0.15) is 24.1 Å². The molecule has 0 bridgehead atoms. The van der Waals surface area contributed by atoms with E-state index in [2.05, 4.69) is 48.5 Å². The SMILES string of the molecule is c1ccc2c(c1)Oc1cccc3c1B2c1cccc(-c2ccc4c(n2)CCCC4)c1O3. The number of ether oxygens (including phenoxy) is 2. The summed E-state index contributed by atoms with van der Waals surface area (Å²) in [6.45, 7) is 0.0949. The summed E-state index contributed by atoms with van der Waals surface area (Å²) in [5, 5.41) is 0. The zero-order valence-electron chi connectivity index (χ0n) is 17.1. The maximum absolute atomic E-state index is 6.55. The fourth-order valence-electron chi connectivity index (χ4n) is 5.34. The Kier molecular flexibility index (Phi) is 3.59. The molecule has 0 saturated carbocycles. The number of nitrogens with zero attached hydrogens (tertiary/aromatic N) is 1. The van der Waals surface area contributed by atoms with E-state index in [1.807, 2.05) is 24.3 Å². The Balaban J connectivity index is 1.45. The van der Waals surface area contributed by atoms with Crippen molar-refractivity contribution in [2.75, 3.05) is 0 Å². The van der Waals surface area contributed by atoms with Gasteiger partial charge in [-0.05, 0) is 72.5 Å². The molecule has 0 N–H and O–H groups in total. The van der Waals surface area contributed by atoms with Gasteiger partial charge in [0.2, 0.25) is 0 Å². The van der Waals surface area contributed by atoms with Crippen molar-refractivity contribution < 1.29 is 9.47 Å². The molecule has 0 spiro atoms. The van der Waals surface area contributed by atoms with Crippen LogP contribution in [0.4, 0.5) is 0 Å². The second kappa shape index (κ2) is 6.48. The zero-order valence-corrected chi connectivity index (χ0v) is 17.1. The molecule has 3 aliphatic rings. The normalized spacial score (nSPS) is 15.0. The molecule has 3 aromatic carbocycles. The molecule has 0 fully saturated rings. The number of para-hydroxylation sites is 2. The predicted octanol–water partition coefficient (Wildman–Crippen LogP) is 4.36. The first-order chi connectivity index (χ1) is 15.4. The van der Waals surface area contributed by atoms with E-state index in [0.717, 1.165) is 52.6 Å². The minimum Gasteiger partial charge on any atom is -0.458 e. The van der Waals surface area contributed by atoms with Gasteiger partial charge in [0, 0.05) is 16.7 Å². The number of aromatic nitrogens is 1. The smallest absolute Gasteiger partial charge is 0.260 e. The third-order valence-corrected chi connectivity index (χ3v) is 6.79. The molecule has 3 heterocycles. The van der Waals surface area contributed by atoms with E-state index in [-0.39, 0.29) is 6.71 Å². The van der Waals surface area contributed by atoms with Gasteiger partial charge in [-0.3, -0.25) is 4.98 Å². The molecule has 1 aliphatic carbocycles. The summed E-state index contributed by atoms with van der Waals surface area (Å²) in [5.41, 5.74) is 8.17. The molecular weight excluding hydrogens is 381 g/mol. The fourth-order valence-corrected chi connectivity index (χ4v) is 5.34. The maximum atomic E-state index is 6.55. The van der Waals surface area contributed by atoms with Gasteiger partial charge in [0.15, 0.2) is 0 Å². The molecule has 4 heteroatoms. The van der Waals surface area contributed by atoms with Crippen molar-refractivity contribution in [3.05, 3.63) is 84.1 Å². The number of benzene rings is 3. The van der Waals surface area contributed by atoms with Crippen LogP contribution in [0.25, 0.3) is 11.3 Å². The molecule has 2 aliphatic heterocycles. The van der Waals surface area contributed by atoms with Crippen LogP contribution in [0.2, 0.25) is 0 Å². The summed E-state index contributed by atoms with van der Waals surface area (Å²) >= 11 is 0. The lowest BCUT2D eigenvalue weighted by Gasteiger charge is -2.33. The average molecular weight is 401 g/mol. The Hall–Kier alpha value is -3.53. The molecule has 0 unspecified atom stereocenters. The Morgan fingerprint density at radius 2 is 1.45 bits per heavy atom. The van der Waals surface area contributed by atoms with Gasteiger partial charge in [0.1, 0.15) is 23.0 Å². The molecule has 0 amide bonds. The van der Waals surface area contributed by atoms with Crippen LogP contribution in [-0.4, -0.2) is 11.7 Å². The van der Waals surface area contributed by atoms with Crippen LogP contribution < -0.4 is 25.9 Å². The number of pyridine rings is 1. The fraction of sp³-hybridized carbons (Fsp3) is 0.148. The van der Waals surface area contributed by atoms with Crippen molar-refractivity contribution in [3.63, 3.8) is 0 Å². The first kappa shape index (κ1) is 17.2. The van der Waals surface area contributed by atoms with Gasteiger partial charge in [0.05, 0.1) is 5.69 Å². The highest BCUT2D eigenvalue weighted by Crippen LogP contribution is 2.38. The van der Waals surface area contributed by atoms with E-state index in [1.165, 1.54) is 35.0 Å². The largest absolute Gasteiger partial charge is 0.458 e. The van der Waals surface area contributed by atoms with Crippen molar-refractivity contribution in [1.82, 2.24) is 4.98 Å². The summed E-state index contributed by atoms with van der Waals surface area (Å²) < 4.78 is 12.8. The predicted molar refractivity (Wildman–Crippen MR) is 124 cm³/mol. The van der Waals surface area contributed by atoms with Crippen LogP contribution >= 0.6 is 0 Å². The number of fused-ring (bicyclic) bond motifs is 5. The number of hydrogen-bond donors (Lipinski definition) is 0. The summed E-state index contributed by atoms with van der Waals surface area (Å²) in [5.74, 6) is 3.58. The molecular formula is C27H20BNO2. The summed E-state index contributed by atoms with van der Waals surface area (Å²) in [7, 11) is 0. The summed E-state index contributed by atoms with van der Waals surface area (Å²) in [6, 6.07) is 25.3. The van der Waals surface area contributed by atoms with Gasteiger partial charge in [-0.1, -0.05) is 42.5 Å². The standard InChI is InChI=1S/C27H20BNO2/c1-3-11-21-17(7-1)15-16-22(29-21)18-8-5-10-20-27(18)31-25-14-6-13-24-26(25)28(20)19-9-2-4-12-23(19)30-24/h2,4-6,8-10,12-16H,1,3,7,11H2. The van der Waals surface area contributed by atoms with Crippen LogP contribution in [0, 0.1) is 0 Å². The second-order valence-corrected chi connectivity index (χ2v) is 8.58. The lowest BCUT2D eigenvalue weighted by atomic mass is 9.34. The van der Waals surface area contributed by atoms with Crippen molar-refractivity contribution in [3.8, 4) is 34.3 Å². The van der Waals surface area contributed by atoms with Crippen molar-refractivity contribution in [1.29, 1.82) is 0 Å². The number of aryl methyl sites for hydroxylation is 2. The molecule has 0 radical (unpaired) electrons. The van der Waals surface area contributed by atoms with E-state index in [0.29, 0.717) is 0 Å². The molecule has 3 nitrogen and oxygen atoms in total. The molecule has 1 aromatic heterocycles. The van der Waals surface area contributed by atoms with Gasteiger partial charge >= 0.3 is 0 Å². The van der Waals surface area contributed by atoms with Gasteiger partial charge < -0.3 is 9.47 Å². The quantitative estimate of drug-likeness (QED) is 0.384. The third kappa shape index (κ3) is 2.51.